The Labute approximate surface area is 347 Å². The molecule has 1 atom stereocenters. The van der Waals surface area contributed by atoms with Crippen LogP contribution in [0.3, 0.4) is 0 Å². The Morgan fingerprint density at radius 3 is 1.41 bits per heavy atom. The van der Waals surface area contributed by atoms with Crippen molar-refractivity contribution in [2.75, 3.05) is 19.6 Å². The number of sulfone groups is 1. The lowest BCUT2D eigenvalue weighted by Gasteiger charge is -2.21. The molecule has 1 unspecified atom stereocenters. The minimum Gasteiger partial charge on any atom is -0.480 e. The Bertz CT molecular complexity index is 1820. The number of aliphatic imine (C=N–C) groups is 1. The quantitative estimate of drug-likeness (QED) is 0.307. The number of aromatic nitrogens is 8. The third kappa shape index (κ3) is 26.4. The molecule has 0 spiro atoms. The summed E-state index contributed by atoms with van der Waals surface area (Å²) in [5.74, 6) is 1.47. The summed E-state index contributed by atoms with van der Waals surface area (Å²) in [4.78, 5) is 45.7. The van der Waals surface area contributed by atoms with Gasteiger partial charge in [0.2, 0.25) is 7.37 Å². The van der Waals surface area contributed by atoms with Gasteiger partial charge in [0.15, 0.2) is 46.3 Å². The molecule has 1 aliphatic rings. The van der Waals surface area contributed by atoms with Crippen LogP contribution in [0.5, 0.6) is 0 Å². The highest BCUT2D eigenvalue weighted by atomic mass is 32.2. The molecule has 0 bridgehead atoms. The first-order valence-electron chi connectivity index (χ1n) is 18.5. The Balaban J connectivity index is -0.000000638. The first kappa shape index (κ1) is 58.7. The molecular formula is C37H74N11O8PS. The Morgan fingerprint density at radius 2 is 1.19 bits per heavy atom. The molecule has 3 rings (SSSR count). The largest absolute Gasteiger partial charge is 0.480 e. The molecule has 1 aliphatic heterocycles. The zero-order valence-corrected chi connectivity index (χ0v) is 41.0. The van der Waals surface area contributed by atoms with Gasteiger partial charge in [-0.2, -0.15) is 9.91 Å². The van der Waals surface area contributed by atoms with Gasteiger partial charge in [0.1, 0.15) is 12.3 Å². The van der Waals surface area contributed by atoms with Gasteiger partial charge < -0.3 is 10.00 Å². The van der Waals surface area contributed by atoms with E-state index in [9.17, 15) is 27.4 Å². The Hall–Kier alpha value is -3.64. The third-order valence-corrected chi connectivity index (χ3v) is 12.2. The molecule has 19 nitrogen and oxygen atoms in total. The average molecular weight is 864 g/mol. The van der Waals surface area contributed by atoms with E-state index in [1.807, 2.05) is 62.3 Å². The van der Waals surface area contributed by atoms with E-state index < -0.39 is 33.1 Å². The topological polar surface area (TPSA) is 267 Å². The summed E-state index contributed by atoms with van der Waals surface area (Å²) in [6.45, 7) is 39.2. The summed E-state index contributed by atoms with van der Waals surface area (Å²) in [6.07, 6.45) is 1.24. The van der Waals surface area contributed by atoms with E-state index in [0.29, 0.717) is 12.5 Å². The summed E-state index contributed by atoms with van der Waals surface area (Å²) in [5.41, 5.74) is -0.393. The molecule has 0 saturated heterocycles. The summed E-state index contributed by atoms with van der Waals surface area (Å²) in [7, 11) is -5.69. The minimum absolute atomic E-state index is 0.0535. The predicted molar refractivity (Wildman–Crippen MR) is 228 cm³/mol. The number of carbonyl (C=O) groups is 3. The molecule has 0 radical (unpaired) electrons. The summed E-state index contributed by atoms with van der Waals surface area (Å²) >= 11 is 0. The zero-order valence-electron chi connectivity index (χ0n) is 39.2. The maximum atomic E-state index is 10.9. The molecule has 336 valence electrons. The smallest absolute Gasteiger partial charge is 0.327 e. The van der Waals surface area contributed by atoms with Gasteiger partial charge in [-0.25, -0.2) is 18.1 Å². The highest BCUT2D eigenvalue weighted by Gasteiger charge is 2.28. The molecule has 0 aliphatic carbocycles. The molecule has 58 heavy (non-hydrogen) atoms. The van der Waals surface area contributed by atoms with E-state index in [2.05, 4.69) is 66.9 Å². The lowest BCUT2D eigenvalue weighted by atomic mass is 9.92. The summed E-state index contributed by atoms with van der Waals surface area (Å²) in [6, 6.07) is 0. The van der Waals surface area contributed by atoms with Crippen LogP contribution in [0, 0.1) is 10.8 Å². The van der Waals surface area contributed by atoms with Crippen LogP contribution < -0.4 is 0 Å². The van der Waals surface area contributed by atoms with Crippen molar-refractivity contribution in [2.24, 2.45) is 26.1 Å². The number of carboxylic acid groups (broad SMARTS) is 1. The van der Waals surface area contributed by atoms with Crippen molar-refractivity contribution < 1.29 is 37.4 Å². The molecule has 0 amide bonds. The van der Waals surface area contributed by atoms with Crippen LogP contribution in [-0.4, -0.2) is 112 Å². The van der Waals surface area contributed by atoms with Gasteiger partial charge in [-0.1, -0.05) is 104 Å². The lowest BCUT2D eigenvalue weighted by molar-refractivity contribution is -0.138. The molecule has 2 N–H and O–H groups in total. The van der Waals surface area contributed by atoms with Crippen molar-refractivity contribution >= 4 is 40.6 Å². The zero-order chi connectivity index (χ0) is 47.1. The van der Waals surface area contributed by atoms with Crippen LogP contribution in [-0.2, 0) is 52.7 Å². The second kappa shape index (κ2) is 22.7. The molecule has 2 aromatic heterocycles. The molecule has 0 aromatic carbocycles. The first-order chi connectivity index (χ1) is 25.4. The van der Waals surface area contributed by atoms with E-state index >= 15 is 0 Å². The van der Waals surface area contributed by atoms with Crippen molar-refractivity contribution in [3.63, 3.8) is 0 Å². The molecular weight excluding hydrogens is 790 g/mol. The van der Waals surface area contributed by atoms with Crippen LogP contribution in [0.4, 0.5) is 0 Å². The fourth-order valence-corrected chi connectivity index (χ4v) is 2.41. The number of azo groups is 1. The monoisotopic (exact) mass is 864 g/mol. The Kier molecular flexibility index (Phi) is 22.9. The number of amidine groups is 1. The second-order valence-corrected chi connectivity index (χ2v) is 25.6. The van der Waals surface area contributed by atoms with Gasteiger partial charge in [-0.15, -0.1) is 20.4 Å². The number of tetrazole rings is 2. The van der Waals surface area contributed by atoms with Gasteiger partial charge in [0.05, 0.1) is 4.75 Å². The van der Waals surface area contributed by atoms with Crippen LogP contribution in [0.1, 0.15) is 150 Å². The number of rotatable bonds is 4. The maximum Gasteiger partial charge on any atom is 0.327 e. The number of Topliss-reactive ketones (excluding diaryl/α,β-unsaturated/α-hetero) is 2. The number of aliphatic carboxylic acids is 1. The van der Waals surface area contributed by atoms with Crippen molar-refractivity contribution in [3.05, 3.63) is 11.6 Å². The van der Waals surface area contributed by atoms with E-state index in [4.69, 9.17) is 10.00 Å². The number of hydrogen-bond acceptors (Lipinski definition) is 15. The van der Waals surface area contributed by atoms with E-state index in [-0.39, 0.29) is 46.3 Å². The normalized spacial score (nSPS) is 14.2. The molecule has 0 fully saturated rings. The maximum absolute atomic E-state index is 10.9. The fourth-order valence-electron chi connectivity index (χ4n) is 2.41. The summed E-state index contributed by atoms with van der Waals surface area (Å²) < 4.78 is 33.1. The van der Waals surface area contributed by atoms with Crippen molar-refractivity contribution in [3.8, 4) is 0 Å². The van der Waals surface area contributed by atoms with E-state index in [0.717, 1.165) is 16.5 Å². The van der Waals surface area contributed by atoms with Crippen LogP contribution in [0.2, 0.25) is 0 Å². The van der Waals surface area contributed by atoms with Crippen LogP contribution in [0.15, 0.2) is 15.2 Å². The SMILES string of the molecule is CC(=O)C(C)(C)C.CC(=O)Cn1nnnc1C(C)(C)C.CC(C)(C)C1=NCN=N1.CC(C)(C)P(C)(=O)O.CC(C)(C)S(C)(=O)=O.CC(C)(C)c1nnn(CC(=O)O)n1. The van der Waals surface area contributed by atoms with Gasteiger partial charge in [-0.3, -0.25) is 18.9 Å². The van der Waals surface area contributed by atoms with Crippen molar-refractivity contribution in [2.45, 2.75) is 172 Å². The molecule has 21 heteroatoms. The number of carbonyl (C=O) groups excluding carboxylic acids is 2. The van der Waals surface area contributed by atoms with Gasteiger partial charge in [0, 0.05) is 39.7 Å². The Morgan fingerprint density at radius 1 is 0.759 bits per heavy atom. The second-order valence-electron chi connectivity index (χ2n) is 19.8. The average Bonchev–Trinajstić information content (AvgIpc) is 3.73. The third-order valence-electron chi connectivity index (χ3n) is 7.51. The van der Waals surface area contributed by atoms with Crippen LogP contribution in [0.25, 0.3) is 0 Å². The number of nitrogens with zero attached hydrogens (tertiary/aromatic N) is 11. The highest BCUT2D eigenvalue weighted by molar-refractivity contribution is 7.92. The standard InChI is InChI=1S/C8H14N4O.C7H12N4O2.C6H11N3.C6H12O.C5H13O2P.C5H12O2S/c1-6(13)5-12-7(8(2,3)4)9-10-11-12;1-7(2,3)6-8-10-11(9-6)4-5(12)13;1-6(2,3)5-7-4-8-9-5;1-5(7)6(2,3)4;2*1-5(2,3)8(4,6)7/h5H2,1-4H3;4H2,1-3H3,(H,12,13);4H2,1-3H3;1-4H3;1-4H3,(H,6,7);1-4H3. The molecule has 2 aromatic rings. The molecule has 3 heterocycles. The first-order valence-corrected chi connectivity index (χ1v) is 22.5. The predicted octanol–water partition coefficient (Wildman–Crippen LogP) is 6.61. The summed E-state index contributed by atoms with van der Waals surface area (Å²) in [5, 5.41) is 38.1. The minimum atomic E-state index is -2.85. The van der Waals surface area contributed by atoms with Crippen molar-refractivity contribution in [1.29, 1.82) is 0 Å². The van der Waals surface area contributed by atoms with Crippen LogP contribution >= 0.6 is 7.37 Å². The number of carboxylic acids is 1. The van der Waals surface area contributed by atoms with Crippen molar-refractivity contribution in [1.82, 2.24) is 40.4 Å². The number of ketones is 2. The van der Waals surface area contributed by atoms with E-state index in [1.165, 1.54) is 19.8 Å². The van der Waals surface area contributed by atoms with Gasteiger partial charge in [0.25, 0.3) is 0 Å². The fraction of sp³-hybridized carbons (Fsp3) is 0.838. The van der Waals surface area contributed by atoms with E-state index in [1.54, 1.807) is 53.1 Å². The lowest BCUT2D eigenvalue weighted by Crippen LogP contribution is -2.26. The molecule has 0 saturated carbocycles. The van der Waals surface area contributed by atoms with Gasteiger partial charge in [-0.05, 0) is 50.3 Å². The highest BCUT2D eigenvalue weighted by Crippen LogP contribution is 2.49. The number of hydrogen-bond donors (Lipinski definition) is 2. The van der Waals surface area contributed by atoms with Gasteiger partial charge >= 0.3 is 5.97 Å².